The van der Waals surface area contributed by atoms with E-state index in [0.717, 1.165) is 5.56 Å². The Hall–Kier alpha value is -4.13. The van der Waals surface area contributed by atoms with Crippen LogP contribution in [0.5, 0.6) is 0 Å². The molecule has 140 valence electrons. The van der Waals surface area contributed by atoms with Gasteiger partial charge in [0.1, 0.15) is 5.82 Å². The highest BCUT2D eigenvalue weighted by Crippen LogP contribution is 2.26. The van der Waals surface area contributed by atoms with Crippen LogP contribution >= 0.6 is 0 Å². The number of hydrogen-bond donors (Lipinski definition) is 0. The van der Waals surface area contributed by atoms with Crippen molar-refractivity contribution < 1.29 is 8.91 Å². The molecule has 0 amide bonds. The van der Waals surface area contributed by atoms with Gasteiger partial charge in [0.25, 0.3) is 11.4 Å². The van der Waals surface area contributed by atoms with Gasteiger partial charge in [-0.3, -0.25) is 4.79 Å². The number of aromatic nitrogens is 4. The van der Waals surface area contributed by atoms with Crippen molar-refractivity contribution in [1.82, 2.24) is 19.9 Å². The Kier molecular flexibility index (Phi) is 3.98. The number of fused-ring (bicyclic) bond motifs is 1. The van der Waals surface area contributed by atoms with Crippen LogP contribution in [0.3, 0.4) is 0 Å². The maximum atomic E-state index is 13.3. The van der Waals surface area contributed by atoms with E-state index < -0.39 is 5.82 Å². The molecule has 0 aliphatic heterocycles. The van der Waals surface area contributed by atoms with Crippen LogP contribution in [0.25, 0.3) is 39.4 Å². The fraction of sp³-hybridized carbons (Fsp3) is 0. The first-order chi connectivity index (χ1) is 14.2. The monoisotopic (exact) mass is 384 g/mol. The summed E-state index contributed by atoms with van der Waals surface area (Å²) >= 11 is 0. The third-order valence-corrected chi connectivity index (χ3v) is 4.54. The minimum Gasteiger partial charge on any atom is -0.332 e. The van der Waals surface area contributed by atoms with Crippen molar-refractivity contribution in [1.29, 1.82) is 0 Å². The van der Waals surface area contributed by atoms with E-state index in [9.17, 15) is 9.18 Å². The second kappa shape index (κ2) is 6.79. The maximum absolute atomic E-state index is 13.3. The molecule has 0 radical (unpaired) electrons. The molecule has 29 heavy (non-hydrogen) atoms. The van der Waals surface area contributed by atoms with Gasteiger partial charge in [-0.2, -0.15) is 14.8 Å². The summed E-state index contributed by atoms with van der Waals surface area (Å²) in [7, 11) is 0. The minimum absolute atomic E-state index is 0.191. The van der Waals surface area contributed by atoms with E-state index in [2.05, 4.69) is 15.2 Å². The van der Waals surface area contributed by atoms with Crippen molar-refractivity contribution in [2.75, 3.05) is 0 Å². The smallest absolute Gasteiger partial charge is 0.279 e. The summed E-state index contributed by atoms with van der Waals surface area (Å²) in [6.07, 6.45) is 0. The van der Waals surface area contributed by atoms with Gasteiger partial charge >= 0.3 is 0 Å². The van der Waals surface area contributed by atoms with Crippen LogP contribution in [-0.2, 0) is 0 Å². The predicted molar refractivity (Wildman–Crippen MR) is 106 cm³/mol. The highest BCUT2D eigenvalue weighted by atomic mass is 19.1. The third-order valence-electron chi connectivity index (χ3n) is 4.54. The molecule has 0 bridgehead atoms. The number of hydrogen-bond acceptors (Lipinski definition) is 5. The predicted octanol–water partition coefficient (Wildman–Crippen LogP) is 4.24. The second-order valence-corrected chi connectivity index (χ2v) is 6.38. The van der Waals surface area contributed by atoms with Gasteiger partial charge < -0.3 is 4.52 Å². The van der Waals surface area contributed by atoms with Gasteiger partial charge in [-0.25, -0.2) is 4.39 Å². The summed E-state index contributed by atoms with van der Waals surface area (Å²) in [5.74, 6) is 0.217. The van der Waals surface area contributed by atoms with E-state index in [0.29, 0.717) is 28.0 Å². The third kappa shape index (κ3) is 2.98. The zero-order valence-electron chi connectivity index (χ0n) is 15.0. The molecule has 2 heterocycles. The number of rotatable bonds is 3. The summed E-state index contributed by atoms with van der Waals surface area (Å²) < 4.78 is 20.0. The van der Waals surface area contributed by atoms with Crippen LogP contribution in [0.4, 0.5) is 4.39 Å². The summed E-state index contributed by atoms with van der Waals surface area (Å²) in [6.45, 7) is 0. The van der Waals surface area contributed by atoms with E-state index in [1.807, 2.05) is 36.4 Å². The van der Waals surface area contributed by atoms with E-state index >= 15 is 0 Å². The Balaban J connectivity index is 1.74. The summed E-state index contributed by atoms with van der Waals surface area (Å²) in [4.78, 5) is 17.4. The molecule has 0 saturated heterocycles. The molecule has 0 spiro atoms. The zero-order valence-corrected chi connectivity index (χ0v) is 15.0. The Morgan fingerprint density at radius 2 is 1.52 bits per heavy atom. The molecule has 5 rings (SSSR count). The van der Waals surface area contributed by atoms with Gasteiger partial charge in [-0.05, 0) is 30.3 Å². The first-order valence-corrected chi connectivity index (χ1v) is 8.88. The normalized spacial score (nSPS) is 11.1. The van der Waals surface area contributed by atoms with E-state index in [-0.39, 0.29) is 11.4 Å². The molecule has 0 aliphatic carbocycles. The highest BCUT2D eigenvalue weighted by Gasteiger charge is 2.18. The van der Waals surface area contributed by atoms with Crippen molar-refractivity contribution in [3.63, 3.8) is 0 Å². The Bertz CT molecular complexity index is 1380. The molecule has 0 N–H and O–H groups in total. The fourth-order valence-electron chi connectivity index (χ4n) is 3.13. The molecule has 3 aromatic carbocycles. The van der Waals surface area contributed by atoms with Crippen LogP contribution in [0, 0.1) is 5.82 Å². The quantitative estimate of drug-likeness (QED) is 0.465. The average molecular weight is 384 g/mol. The first-order valence-electron chi connectivity index (χ1n) is 8.88. The standard InChI is InChI=1S/C22H13FN4O2/c23-15-10-12-16(13-11-15)27-22(28)18-9-5-4-8-17(18)19(25-27)21-24-20(26-29-21)14-6-2-1-3-7-14/h1-13H. The Morgan fingerprint density at radius 3 is 2.28 bits per heavy atom. The summed E-state index contributed by atoms with van der Waals surface area (Å²) in [5.41, 5.74) is 1.29. The van der Waals surface area contributed by atoms with Gasteiger partial charge in [0, 0.05) is 10.9 Å². The molecule has 0 unspecified atom stereocenters. The lowest BCUT2D eigenvalue weighted by atomic mass is 10.1. The van der Waals surface area contributed by atoms with Gasteiger partial charge in [-0.1, -0.05) is 53.7 Å². The maximum Gasteiger partial charge on any atom is 0.279 e. The zero-order chi connectivity index (χ0) is 19.8. The SMILES string of the molecule is O=c1c2ccccc2c(-c2nc(-c3ccccc3)no2)nn1-c1ccc(F)cc1. The molecular weight excluding hydrogens is 371 g/mol. The lowest BCUT2D eigenvalue weighted by molar-refractivity contribution is 0.430. The number of benzene rings is 3. The number of halogens is 1. The van der Waals surface area contributed by atoms with Crippen LogP contribution < -0.4 is 5.56 Å². The van der Waals surface area contributed by atoms with Gasteiger partial charge in [0.15, 0.2) is 5.69 Å². The van der Waals surface area contributed by atoms with Crippen LogP contribution in [0.15, 0.2) is 88.2 Å². The molecule has 0 atom stereocenters. The highest BCUT2D eigenvalue weighted by molar-refractivity contribution is 5.92. The van der Waals surface area contributed by atoms with Gasteiger partial charge in [0.05, 0.1) is 11.1 Å². The van der Waals surface area contributed by atoms with Crippen molar-refractivity contribution in [2.24, 2.45) is 0 Å². The van der Waals surface area contributed by atoms with Gasteiger partial charge in [-0.15, -0.1) is 0 Å². The van der Waals surface area contributed by atoms with Crippen molar-refractivity contribution in [2.45, 2.75) is 0 Å². The van der Waals surface area contributed by atoms with Crippen molar-refractivity contribution in [3.8, 4) is 28.7 Å². The molecule has 7 heteroatoms. The van der Waals surface area contributed by atoms with E-state index in [1.165, 1.54) is 28.9 Å². The fourth-order valence-corrected chi connectivity index (χ4v) is 3.13. The Morgan fingerprint density at radius 1 is 0.828 bits per heavy atom. The largest absolute Gasteiger partial charge is 0.332 e. The summed E-state index contributed by atoms with van der Waals surface area (Å²) in [5, 5.41) is 9.55. The summed E-state index contributed by atoms with van der Waals surface area (Å²) in [6, 6.07) is 22.0. The van der Waals surface area contributed by atoms with Crippen molar-refractivity contribution in [3.05, 3.63) is 95.0 Å². The molecular formula is C22H13FN4O2. The lowest BCUT2D eigenvalue weighted by Gasteiger charge is -2.09. The van der Waals surface area contributed by atoms with Crippen molar-refractivity contribution >= 4 is 10.8 Å². The first kappa shape index (κ1) is 17.0. The Labute approximate surface area is 163 Å². The molecule has 0 saturated carbocycles. The topological polar surface area (TPSA) is 73.8 Å². The van der Waals surface area contributed by atoms with Gasteiger partial charge in [0.2, 0.25) is 5.82 Å². The van der Waals surface area contributed by atoms with Crippen LogP contribution in [0.1, 0.15) is 0 Å². The lowest BCUT2D eigenvalue weighted by Crippen LogP contribution is -2.22. The average Bonchev–Trinajstić information content (AvgIpc) is 3.26. The molecule has 0 fully saturated rings. The second-order valence-electron chi connectivity index (χ2n) is 6.38. The molecule has 5 aromatic rings. The molecule has 6 nitrogen and oxygen atoms in total. The molecule has 2 aromatic heterocycles. The van der Waals surface area contributed by atoms with Crippen LogP contribution in [-0.4, -0.2) is 19.9 Å². The number of nitrogens with zero attached hydrogens (tertiary/aromatic N) is 4. The van der Waals surface area contributed by atoms with Crippen LogP contribution in [0.2, 0.25) is 0 Å². The van der Waals surface area contributed by atoms with E-state index in [1.54, 1.807) is 18.2 Å². The van der Waals surface area contributed by atoms with E-state index in [4.69, 9.17) is 4.52 Å². The minimum atomic E-state index is -0.396. The molecule has 0 aliphatic rings.